The maximum atomic E-state index is 5.91. The lowest BCUT2D eigenvalue weighted by Gasteiger charge is -2.40. The molecule has 3 rings (SSSR count). The highest BCUT2D eigenvalue weighted by molar-refractivity contribution is 5.16. The van der Waals surface area contributed by atoms with Crippen molar-refractivity contribution in [1.29, 1.82) is 0 Å². The van der Waals surface area contributed by atoms with Gasteiger partial charge < -0.3 is 33.2 Å². The molecule has 1 aliphatic heterocycles. The Balaban J connectivity index is 1.31. The molecule has 0 spiro atoms. The molecular weight excluding hydrogens is 392 g/mol. The highest BCUT2D eigenvalue weighted by Gasteiger charge is 2.42. The van der Waals surface area contributed by atoms with Gasteiger partial charge in [0.15, 0.2) is 0 Å². The molecule has 1 atom stereocenters. The van der Waals surface area contributed by atoms with Crippen LogP contribution in [0.4, 0.5) is 0 Å². The molecule has 30 heavy (non-hydrogen) atoms. The molecule has 2 heterocycles. The van der Waals surface area contributed by atoms with Gasteiger partial charge in [0.2, 0.25) is 6.29 Å². The highest BCUT2D eigenvalue weighted by Crippen LogP contribution is 2.42. The van der Waals surface area contributed by atoms with Crippen molar-refractivity contribution in [3.8, 4) is 0 Å². The van der Waals surface area contributed by atoms with Crippen molar-refractivity contribution in [2.45, 2.75) is 37.1 Å². The Bertz CT molecular complexity index is 605. The predicted octanol–water partition coefficient (Wildman–Crippen LogP) is 1.65. The third-order valence-corrected chi connectivity index (χ3v) is 5.44. The molecule has 0 radical (unpaired) electrons. The summed E-state index contributed by atoms with van der Waals surface area (Å²) < 4.78 is 38.5. The summed E-state index contributed by atoms with van der Waals surface area (Å²) in [6.45, 7) is 5.14. The molecule has 2 fully saturated rings. The second-order valence-corrected chi connectivity index (χ2v) is 7.55. The van der Waals surface area contributed by atoms with Gasteiger partial charge in [0, 0.05) is 20.4 Å². The summed E-state index contributed by atoms with van der Waals surface area (Å²) in [5.41, 5.74) is 0.595. The van der Waals surface area contributed by atoms with Gasteiger partial charge in [-0.15, -0.1) is 0 Å². The Kier molecular flexibility index (Phi) is 9.86. The van der Waals surface area contributed by atoms with Crippen LogP contribution in [0.25, 0.3) is 0 Å². The first-order valence-electron chi connectivity index (χ1n) is 10.6. The van der Waals surface area contributed by atoms with E-state index in [0.29, 0.717) is 59.5 Å². The molecule has 0 aromatic carbocycles. The fourth-order valence-electron chi connectivity index (χ4n) is 3.59. The summed E-state index contributed by atoms with van der Waals surface area (Å²) in [5, 5.41) is 0. The monoisotopic (exact) mass is 426 g/mol. The van der Waals surface area contributed by atoms with Gasteiger partial charge in [0.1, 0.15) is 11.9 Å². The standard InChI is InChI=1S/C21H34N2O7/c1-24-19(25-2)18-4-7-22-20(23-18)21(5-3-6-21)16-29-11-9-26-8-10-27-14-17-15-28-12-13-30-17/h4,7,17,19H,3,5-6,8-16H2,1-2H3. The lowest BCUT2D eigenvalue weighted by Crippen LogP contribution is -2.41. The summed E-state index contributed by atoms with van der Waals surface area (Å²) in [4.78, 5) is 9.19. The lowest BCUT2D eigenvalue weighted by molar-refractivity contribution is -0.118. The predicted molar refractivity (Wildman–Crippen MR) is 107 cm³/mol. The van der Waals surface area contributed by atoms with E-state index in [1.807, 2.05) is 6.07 Å². The molecule has 1 unspecified atom stereocenters. The van der Waals surface area contributed by atoms with Gasteiger partial charge in [-0.25, -0.2) is 9.97 Å². The van der Waals surface area contributed by atoms with E-state index in [1.54, 1.807) is 20.4 Å². The average molecular weight is 427 g/mol. The number of hydrogen-bond acceptors (Lipinski definition) is 9. The summed E-state index contributed by atoms with van der Waals surface area (Å²) >= 11 is 0. The molecule has 0 N–H and O–H groups in total. The van der Waals surface area contributed by atoms with E-state index in [-0.39, 0.29) is 11.5 Å². The normalized spacial score (nSPS) is 21.0. The van der Waals surface area contributed by atoms with Crippen molar-refractivity contribution >= 4 is 0 Å². The van der Waals surface area contributed by atoms with Crippen LogP contribution in [0, 0.1) is 0 Å². The zero-order chi connectivity index (χ0) is 21.1. The number of methoxy groups -OCH3 is 2. The van der Waals surface area contributed by atoms with Gasteiger partial charge in [-0.05, 0) is 18.9 Å². The minimum Gasteiger partial charge on any atom is -0.378 e. The Morgan fingerprint density at radius 2 is 1.83 bits per heavy atom. The first kappa shape index (κ1) is 23.5. The third kappa shape index (κ3) is 6.65. The molecule has 1 aromatic heterocycles. The van der Waals surface area contributed by atoms with E-state index in [4.69, 9.17) is 33.2 Å². The fourth-order valence-corrected chi connectivity index (χ4v) is 3.59. The van der Waals surface area contributed by atoms with Crippen LogP contribution in [-0.4, -0.2) is 89.8 Å². The second kappa shape index (κ2) is 12.6. The number of aromatic nitrogens is 2. The SMILES string of the molecule is COC(OC)c1ccnc(C2(COCCOCCOCC3COCCO3)CCC2)n1. The topological polar surface area (TPSA) is 90.4 Å². The van der Waals surface area contributed by atoms with Gasteiger partial charge in [-0.3, -0.25) is 0 Å². The molecule has 170 valence electrons. The van der Waals surface area contributed by atoms with Gasteiger partial charge in [-0.1, -0.05) is 6.42 Å². The third-order valence-electron chi connectivity index (χ3n) is 5.44. The van der Waals surface area contributed by atoms with Crippen LogP contribution in [0.3, 0.4) is 0 Å². The van der Waals surface area contributed by atoms with E-state index >= 15 is 0 Å². The molecule has 1 aromatic rings. The van der Waals surface area contributed by atoms with Crippen LogP contribution in [0.15, 0.2) is 12.3 Å². The van der Waals surface area contributed by atoms with Gasteiger partial charge in [0.25, 0.3) is 0 Å². The number of hydrogen-bond donors (Lipinski definition) is 0. The van der Waals surface area contributed by atoms with E-state index in [0.717, 1.165) is 30.8 Å². The maximum Gasteiger partial charge on any atom is 0.200 e. The molecule has 1 aliphatic carbocycles. The van der Waals surface area contributed by atoms with E-state index in [1.165, 1.54) is 0 Å². The summed E-state index contributed by atoms with van der Waals surface area (Å²) in [6, 6.07) is 1.82. The zero-order valence-electron chi connectivity index (χ0n) is 18.0. The van der Waals surface area contributed by atoms with Crippen LogP contribution >= 0.6 is 0 Å². The molecule has 0 bridgehead atoms. The van der Waals surface area contributed by atoms with Crippen molar-refractivity contribution < 1.29 is 33.2 Å². The van der Waals surface area contributed by atoms with Gasteiger partial charge in [-0.2, -0.15) is 0 Å². The Morgan fingerprint density at radius 1 is 1.07 bits per heavy atom. The fraction of sp³-hybridized carbons (Fsp3) is 0.810. The summed E-state index contributed by atoms with van der Waals surface area (Å²) in [5.74, 6) is 0.800. The molecule has 0 amide bonds. The number of nitrogens with zero attached hydrogens (tertiary/aromatic N) is 2. The smallest absolute Gasteiger partial charge is 0.200 e. The van der Waals surface area contributed by atoms with E-state index in [9.17, 15) is 0 Å². The van der Waals surface area contributed by atoms with Crippen molar-refractivity contribution in [3.63, 3.8) is 0 Å². The Hall–Kier alpha value is -1.20. The molecule has 1 saturated heterocycles. The minimum atomic E-state index is -0.488. The number of rotatable bonds is 14. The van der Waals surface area contributed by atoms with Crippen LogP contribution in [-0.2, 0) is 38.6 Å². The van der Waals surface area contributed by atoms with Crippen molar-refractivity contribution in [2.24, 2.45) is 0 Å². The van der Waals surface area contributed by atoms with Crippen LogP contribution < -0.4 is 0 Å². The van der Waals surface area contributed by atoms with Gasteiger partial charge >= 0.3 is 0 Å². The van der Waals surface area contributed by atoms with Crippen LogP contribution in [0.2, 0.25) is 0 Å². The van der Waals surface area contributed by atoms with Crippen LogP contribution in [0.5, 0.6) is 0 Å². The highest BCUT2D eigenvalue weighted by atomic mass is 16.7. The summed E-state index contributed by atoms with van der Waals surface area (Å²) in [7, 11) is 3.20. The minimum absolute atomic E-state index is 0.0320. The molecule has 1 saturated carbocycles. The first-order valence-corrected chi connectivity index (χ1v) is 10.6. The second-order valence-electron chi connectivity index (χ2n) is 7.55. The van der Waals surface area contributed by atoms with Crippen LogP contribution in [0.1, 0.15) is 37.1 Å². The Labute approximate surface area is 178 Å². The quantitative estimate of drug-likeness (QED) is 0.325. The molecule has 9 nitrogen and oxygen atoms in total. The Morgan fingerprint density at radius 3 is 2.50 bits per heavy atom. The lowest BCUT2D eigenvalue weighted by atomic mass is 9.68. The summed E-state index contributed by atoms with van der Waals surface area (Å²) in [6.07, 6.45) is 4.49. The van der Waals surface area contributed by atoms with Crippen molar-refractivity contribution in [3.05, 3.63) is 23.8 Å². The van der Waals surface area contributed by atoms with Crippen molar-refractivity contribution in [1.82, 2.24) is 9.97 Å². The molecule has 2 aliphatic rings. The number of ether oxygens (including phenoxy) is 7. The molecular formula is C21H34N2O7. The largest absolute Gasteiger partial charge is 0.378 e. The molecule has 9 heteroatoms. The average Bonchev–Trinajstić information content (AvgIpc) is 2.76. The zero-order valence-corrected chi connectivity index (χ0v) is 18.0. The first-order chi connectivity index (χ1) is 14.8. The van der Waals surface area contributed by atoms with E-state index < -0.39 is 6.29 Å². The van der Waals surface area contributed by atoms with E-state index in [2.05, 4.69) is 9.97 Å². The maximum absolute atomic E-state index is 5.91. The van der Waals surface area contributed by atoms with Gasteiger partial charge in [0.05, 0.1) is 70.6 Å². The van der Waals surface area contributed by atoms with Crippen molar-refractivity contribution in [2.75, 3.05) is 73.7 Å².